The third-order valence-corrected chi connectivity index (χ3v) is 7.67. The number of aromatic nitrogens is 4. The van der Waals surface area contributed by atoms with Crippen molar-refractivity contribution in [2.24, 2.45) is 5.92 Å². The Hall–Kier alpha value is -4.27. The summed E-state index contributed by atoms with van der Waals surface area (Å²) in [5, 5.41) is 10.5. The number of nitrogens with one attached hydrogen (secondary N) is 1. The second-order valence-electron chi connectivity index (χ2n) is 9.93. The molecule has 38 heavy (non-hydrogen) atoms. The first-order chi connectivity index (χ1) is 18.6. The predicted molar refractivity (Wildman–Crippen MR) is 148 cm³/mol. The number of nitrogen functional groups attached to an aromatic ring is 1. The summed E-state index contributed by atoms with van der Waals surface area (Å²) in [6.45, 7) is 1.38. The Bertz CT molecular complexity index is 1490. The molecule has 192 valence electrons. The number of aromatic amines is 1. The third kappa shape index (κ3) is 3.98. The minimum absolute atomic E-state index is 0.000977. The molecule has 6 rings (SSSR count). The molecule has 1 saturated heterocycles. The van der Waals surface area contributed by atoms with E-state index < -0.39 is 5.54 Å². The summed E-state index contributed by atoms with van der Waals surface area (Å²) in [4.78, 5) is 26.3. The fourth-order valence-electron chi connectivity index (χ4n) is 6.08. The maximum absolute atomic E-state index is 12.5. The van der Waals surface area contributed by atoms with Gasteiger partial charge in [0.1, 0.15) is 0 Å². The Kier molecular flexibility index (Phi) is 6.27. The topological polar surface area (TPSA) is 113 Å². The van der Waals surface area contributed by atoms with Gasteiger partial charge in [-0.25, -0.2) is 4.98 Å². The van der Waals surface area contributed by atoms with Crippen LogP contribution in [-0.2, 0) is 5.54 Å². The van der Waals surface area contributed by atoms with E-state index in [4.69, 9.17) is 5.73 Å². The molecule has 0 radical (unpaired) electrons. The fraction of sp³-hybridized carbons (Fsp3) is 0.233. The Labute approximate surface area is 220 Å². The highest BCUT2D eigenvalue weighted by atomic mass is 16.3. The summed E-state index contributed by atoms with van der Waals surface area (Å²) >= 11 is 0. The summed E-state index contributed by atoms with van der Waals surface area (Å²) in [7, 11) is 0. The van der Waals surface area contributed by atoms with Gasteiger partial charge in [-0.1, -0.05) is 91.0 Å². The highest BCUT2D eigenvalue weighted by Crippen LogP contribution is 2.45. The molecule has 2 aromatic heterocycles. The second kappa shape index (κ2) is 9.89. The number of hydrogen-bond acceptors (Lipinski definition) is 6. The molecule has 5 aromatic rings. The van der Waals surface area contributed by atoms with Gasteiger partial charge in [-0.3, -0.25) is 14.7 Å². The predicted octanol–water partition coefficient (Wildman–Crippen LogP) is 3.55. The molecule has 8 nitrogen and oxygen atoms in total. The van der Waals surface area contributed by atoms with Crippen LogP contribution in [0.2, 0.25) is 0 Å². The van der Waals surface area contributed by atoms with Crippen molar-refractivity contribution < 1.29 is 5.11 Å². The van der Waals surface area contributed by atoms with E-state index in [0.29, 0.717) is 18.7 Å². The highest BCUT2D eigenvalue weighted by Gasteiger charge is 2.46. The summed E-state index contributed by atoms with van der Waals surface area (Å²) in [6, 6.07) is 31.5. The van der Waals surface area contributed by atoms with Crippen molar-refractivity contribution in [3.05, 3.63) is 124 Å². The lowest BCUT2D eigenvalue weighted by atomic mass is 9.73. The van der Waals surface area contributed by atoms with Gasteiger partial charge >= 0.3 is 0 Å². The van der Waals surface area contributed by atoms with E-state index in [1.165, 1.54) is 0 Å². The molecule has 0 spiro atoms. The van der Waals surface area contributed by atoms with E-state index in [1.807, 2.05) is 22.8 Å². The number of piperidine rings is 1. The van der Waals surface area contributed by atoms with Gasteiger partial charge in [0.15, 0.2) is 11.2 Å². The van der Waals surface area contributed by atoms with Crippen molar-refractivity contribution in [2.45, 2.75) is 18.0 Å². The first-order valence-electron chi connectivity index (χ1n) is 12.9. The largest absolute Gasteiger partial charge is 0.396 e. The molecule has 2 unspecified atom stereocenters. The van der Waals surface area contributed by atoms with Crippen LogP contribution in [0.1, 0.15) is 29.2 Å². The molecule has 0 bridgehead atoms. The standard InChI is InChI=1S/C30H30N6O2/c31-29-33-27-26(28(38)34-29)32-20-36(27)25-16-21(19-37)17-35(18-25)30(22-10-4-1-5-11-22,23-12-6-2-7-13-23)24-14-8-3-9-15-24/h1-15,20-21,25,37H,16-19H2,(H3,31,33,34,38). The van der Waals surface area contributed by atoms with Crippen molar-refractivity contribution in [2.75, 3.05) is 25.4 Å². The van der Waals surface area contributed by atoms with Crippen LogP contribution in [0.15, 0.2) is 102 Å². The smallest absolute Gasteiger partial charge is 0.280 e. The average Bonchev–Trinajstić information content (AvgIpc) is 3.39. The molecular weight excluding hydrogens is 476 g/mol. The first kappa shape index (κ1) is 24.1. The van der Waals surface area contributed by atoms with E-state index in [9.17, 15) is 9.90 Å². The molecule has 3 aromatic carbocycles. The molecule has 2 atom stereocenters. The number of aliphatic hydroxyl groups is 1. The van der Waals surface area contributed by atoms with Crippen LogP contribution in [-0.4, -0.2) is 49.2 Å². The van der Waals surface area contributed by atoms with Gasteiger partial charge < -0.3 is 15.4 Å². The maximum Gasteiger partial charge on any atom is 0.280 e. The number of rotatable bonds is 6. The van der Waals surface area contributed by atoms with Gasteiger partial charge in [0.2, 0.25) is 5.95 Å². The lowest BCUT2D eigenvalue weighted by Gasteiger charge is -2.50. The second-order valence-corrected chi connectivity index (χ2v) is 9.93. The molecule has 4 N–H and O–H groups in total. The molecule has 1 aliphatic heterocycles. The zero-order valence-electron chi connectivity index (χ0n) is 20.9. The summed E-state index contributed by atoms with van der Waals surface area (Å²) in [5.74, 6) is 0.0592. The monoisotopic (exact) mass is 506 g/mol. The number of likely N-dealkylation sites (tertiary alicyclic amines) is 1. The lowest BCUT2D eigenvalue weighted by Crippen LogP contribution is -2.55. The summed E-state index contributed by atoms with van der Waals surface area (Å²) < 4.78 is 1.95. The summed E-state index contributed by atoms with van der Waals surface area (Å²) in [5.41, 5.74) is 9.08. The van der Waals surface area contributed by atoms with Crippen molar-refractivity contribution in [3.63, 3.8) is 0 Å². The lowest BCUT2D eigenvalue weighted by molar-refractivity contribution is 0.0395. The van der Waals surface area contributed by atoms with Crippen molar-refractivity contribution >= 4 is 17.1 Å². The van der Waals surface area contributed by atoms with Gasteiger partial charge in [0.05, 0.1) is 11.9 Å². The van der Waals surface area contributed by atoms with Gasteiger partial charge in [0, 0.05) is 25.7 Å². The van der Waals surface area contributed by atoms with Gasteiger partial charge in [0.25, 0.3) is 5.56 Å². The quantitative estimate of drug-likeness (QED) is 0.304. The molecule has 0 aliphatic carbocycles. The number of hydrogen-bond donors (Lipinski definition) is 3. The van der Waals surface area contributed by atoms with E-state index in [2.05, 4.69) is 92.6 Å². The van der Waals surface area contributed by atoms with Crippen molar-refractivity contribution in [3.8, 4) is 0 Å². The zero-order valence-corrected chi connectivity index (χ0v) is 20.9. The molecule has 0 saturated carbocycles. The SMILES string of the molecule is Nc1nc2c(ncn2C2CC(CO)CN(C(c3ccccc3)(c3ccccc3)c3ccccc3)C2)c(=O)[nH]1. The minimum Gasteiger partial charge on any atom is -0.396 e. The number of H-pyrrole nitrogens is 1. The average molecular weight is 507 g/mol. The number of nitrogens with zero attached hydrogens (tertiary/aromatic N) is 4. The molecule has 0 amide bonds. The van der Waals surface area contributed by atoms with E-state index in [0.717, 1.165) is 23.1 Å². The van der Waals surface area contributed by atoms with Crippen LogP contribution in [0.3, 0.4) is 0 Å². The van der Waals surface area contributed by atoms with E-state index >= 15 is 0 Å². The zero-order chi connectivity index (χ0) is 26.1. The Morgan fingerprint density at radius 1 is 0.895 bits per heavy atom. The fourth-order valence-corrected chi connectivity index (χ4v) is 6.08. The summed E-state index contributed by atoms with van der Waals surface area (Å²) in [6.07, 6.45) is 2.39. The minimum atomic E-state index is -0.615. The Balaban J connectivity index is 1.57. The van der Waals surface area contributed by atoms with Crippen molar-refractivity contribution in [1.29, 1.82) is 0 Å². The van der Waals surface area contributed by atoms with Crippen LogP contribution < -0.4 is 11.3 Å². The number of imidazole rings is 1. The van der Waals surface area contributed by atoms with E-state index in [1.54, 1.807) is 6.33 Å². The molecule has 1 aliphatic rings. The molecule has 1 fully saturated rings. The number of anilines is 1. The van der Waals surface area contributed by atoms with Gasteiger partial charge in [-0.05, 0) is 29.0 Å². The van der Waals surface area contributed by atoms with Crippen LogP contribution in [0.5, 0.6) is 0 Å². The molecule has 3 heterocycles. The van der Waals surface area contributed by atoms with Crippen molar-refractivity contribution in [1.82, 2.24) is 24.4 Å². The molecular formula is C30H30N6O2. The number of aliphatic hydroxyl groups excluding tert-OH is 1. The third-order valence-electron chi connectivity index (χ3n) is 7.67. The van der Waals surface area contributed by atoms with Crippen LogP contribution in [0.4, 0.5) is 5.95 Å². The van der Waals surface area contributed by atoms with Crippen LogP contribution in [0.25, 0.3) is 11.2 Å². The number of fused-ring (bicyclic) bond motifs is 1. The maximum atomic E-state index is 12.5. The molecule has 8 heteroatoms. The first-order valence-corrected chi connectivity index (χ1v) is 12.9. The number of nitrogens with two attached hydrogens (primary N) is 1. The van der Waals surface area contributed by atoms with E-state index in [-0.39, 0.29) is 35.6 Å². The van der Waals surface area contributed by atoms with Crippen LogP contribution >= 0.6 is 0 Å². The Morgan fingerprint density at radius 3 is 1.97 bits per heavy atom. The van der Waals surface area contributed by atoms with Gasteiger partial charge in [-0.2, -0.15) is 4.98 Å². The van der Waals surface area contributed by atoms with Crippen LogP contribution in [0, 0.1) is 5.92 Å². The Morgan fingerprint density at radius 2 is 1.45 bits per heavy atom. The number of benzene rings is 3. The normalized spacial score (nSPS) is 18.6. The highest BCUT2D eigenvalue weighted by molar-refractivity contribution is 5.70. The van der Waals surface area contributed by atoms with Gasteiger partial charge in [-0.15, -0.1) is 0 Å².